The molecule has 5 heteroatoms. The molecule has 1 aliphatic heterocycles. The van der Waals surface area contributed by atoms with Crippen LogP contribution in [-0.4, -0.2) is 34.7 Å². The average molecular weight is 301 g/mol. The molecule has 0 spiro atoms. The summed E-state index contributed by atoms with van der Waals surface area (Å²) in [6.07, 6.45) is 4.62. The Bertz CT molecular complexity index is 672. The molecule has 22 heavy (non-hydrogen) atoms. The van der Waals surface area contributed by atoms with Crippen LogP contribution < -0.4 is 5.32 Å². The van der Waals surface area contributed by atoms with Gasteiger partial charge in [0.15, 0.2) is 0 Å². The van der Waals surface area contributed by atoms with Crippen LogP contribution in [-0.2, 0) is 16.1 Å². The van der Waals surface area contributed by atoms with Crippen LogP contribution in [0.3, 0.4) is 0 Å². The maximum Gasteiger partial charge on any atom is 0.221 e. The van der Waals surface area contributed by atoms with Crippen molar-refractivity contribution in [3.8, 4) is 0 Å². The van der Waals surface area contributed by atoms with E-state index in [9.17, 15) is 4.79 Å². The minimum absolute atomic E-state index is 0.0705. The number of benzene rings is 1. The zero-order valence-electron chi connectivity index (χ0n) is 13.3. The van der Waals surface area contributed by atoms with Gasteiger partial charge in [0.1, 0.15) is 0 Å². The maximum absolute atomic E-state index is 12.0. The molecule has 1 amide bonds. The van der Waals surface area contributed by atoms with Crippen molar-refractivity contribution in [3.63, 3.8) is 0 Å². The predicted octanol–water partition coefficient (Wildman–Crippen LogP) is 2.34. The lowest BCUT2D eigenvalue weighted by atomic mass is 10.1. The lowest BCUT2D eigenvalue weighted by Crippen LogP contribution is -2.32. The van der Waals surface area contributed by atoms with Gasteiger partial charge in [-0.2, -0.15) is 0 Å². The first kappa shape index (κ1) is 15.0. The summed E-state index contributed by atoms with van der Waals surface area (Å²) in [5.41, 5.74) is 4.57. The van der Waals surface area contributed by atoms with Gasteiger partial charge in [0, 0.05) is 26.1 Å². The molecular weight excluding hydrogens is 278 g/mol. The molecule has 1 fully saturated rings. The van der Waals surface area contributed by atoms with E-state index < -0.39 is 0 Å². The van der Waals surface area contributed by atoms with Crippen molar-refractivity contribution in [2.45, 2.75) is 45.8 Å². The van der Waals surface area contributed by atoms with Crippen molar-refractivity contribution < 1.29 is 9.53 Å². The van der Waals surface area contributed by atoms with E-state index in [0.29, 0.717) is 19.5 Å². The van der Waals surface area contributed by atoms with Crippen LogP contribution in [0.15, 0.2) is 18.5 Å². The molecule has 1 aliphatic rings. The van der Waals surface area contributed by atoms with Gasteiger partial charge in [0.05, 0.1) is 23.5 Å². The zero-order valence-corrected chi connectivity index (χ0v) is 13.3. The monoisotopic (exact) mass is 301 g/mol. The number of nitrogens with zero attached hydrogens (tertiary/aromatic N) is 2. The number of carbonyl (C=O) groups is 1. The Balaban J connectivity index is 1.56. The molecule has 1 saturated heterocycles. The predicted molar refractivity (Wildman–Crippen MR) is 85.8 cm³/mol. The number of amides is 1. The summed E-state index contributed by atoms with van der Waals surface area (Å²) in [6.45, 7) is 6.28. The molecule has 1 atom stereocenters. The quantitative estimate of drug-likeness (QED) is 0.922. The summed E-state index contributed by atoms with van der Waals surface area (Å²) >= 11 is 0. The number of fused-ring (bicyclic) bond motifs is 1. The van der Waals surface area contributed by atoms with Crippen molar-refractivity contribution in [2.75, 3.05) is 13.2 Å². The molecule has 0 aliphatic carbocycles. The van der Waals surface area contributed by atoms with Crippen molar-refractivity contribution >= 4 is 16.9 Å². The minimum atomic E-state index is 0.0705. The van der Waals surface area contributed by atoms with Gasteiger partial charge in [-0.25, -0.2) is 4.98 Å². The Kier molecular flexibility index (Phi) is 4.43. The van der Waals surface area contributed by atoms with Crippen LogP contribution in [0.25, 0.3) is 11.0 Å². The second-order valence-electron chi connectivity index (χ2n) is 6.05. The lowest BCUT2D eigenvalue weighted by molar-refractivity contribution is -0.121. The van der Waals surface area contributed by atoms with Crippen LogP contribution in [0.4, 0.5) is 0 Å². The molecule has 0 radical (unpaired) electrons. The number of carbonyl (C=O) groups excluding carboxylic acids is 1. The van der Waals surface area contributed by atoms with Crippen LogP contribution in [0.2, 0.25) is 0 Å². The summed E-state index contributed by atoms with van der Waals surface area (Å²) < 4.78 is 7.55. The van der Waals surface area contributed by atoms with Gasteiger partial charge in [0.25, 0.3) is 0 Å². The molecule has 118 valence electrons. The number of aromatic nitrogens is 2. The summed E-state index contributed by atoms with van der Waals surface area (Å²) in [7, 11) is 0. The second-order valence-corrected chi connectivity index (χ2v) is 6.05. The molecule has 2 aromatic rings. The van der Waals surface area contributed by atoms with Crippen LogP contribution in [0, 0.1) is 13.8 Å². The third kappa shape index (κ3) is 3.30. The third-order valence-corrected chi connectivity index (χ3v) is 4.37. The fourth-order valence-electron chi connectivity index (χ4n) is 2.83. The number of nitrogens with one attached hydrogen (secondary N) is 1. The van der Waals surface area contributed by atoms with Crippen LogP contribution >= 0.6 is 0 Å². The van der Waals surface area contributed by atoms with Crippen LogP contribution in [0.5, 0.6) is 0 Å². The highest BCUT2D eigenvalue weighted by atomic mass is 16.5. The fourth-order valence-corrected chi connectivity index (χ4v) is 2.83. The van der Waals surface area contributed by atoms with E-state index in [4.69, 9.17) is 4.74 Å². The van der Waals surface area contributed by atoms with Gasteiger partial charge in [-0.05, 0) is 49.9 Å². The standard InChI is InChI=1S/C17H23N3O2/c1-12-8-15-16(9-13(12)2)20(11-19-15)6-5-17(21)18-10-14-4-3-7-22-14/h8-9,11,14H,3-7,10H2,1-2H3,(H,18,21). The number of rotatable bonds is 5. The van der Waals surface area contributed by atoms with Crippen molar-refractivity contribution in [1.29, 1.82) is 0 Å². The Labute approximate surface area is 130 Å². The summed E-state index contributed by atoms with van der Waals surface area (Å²) in [5, 5.41) is 2.96. The maximum atomic E-state index is 12.0. The van der Waals surface area contributed by atoms with E-state index in [1.54, 1.807) is 0 Å². The fraction of sp³-hybridized carbons (Fsp3) is 0.529. The molecule has 1 aromatic heterocycles. The van der Waals surface area contributed by atoms with Gasteiger partial charge in [-0.1, -0.05) is 0 Å². The number of hydrogen-bond donors (Lipinski definition) is 1. The summed E-state index contributed by atoms with van der Waals surface area (Å²) in [4.78, 5) is 16.4. The molecule has 1 aromatic carbocycles. The highest BCUT2D eigenvalue weighted by molar-refractivity contribution is 5.78. The molecule has 2 heterocycles. The average Bonchev–Trinajstić information content (AvgIpc) is 3.14. The highest BCUT2D eigenvalue weighted by Crippen LogP contribution is 2.18. The largest absolute Gasteiger partial charge is 0.376 e. The Hall–Kier alpha value is -1.88. The minimum Gasteiger partial charge on any atom is -0.376 e. The molecule has 3 rings (SSSR count). The Morgan fingerprint density at radius 1 is 1.41 bits per heavy atom. The van der Waals surface area contributed by atoms with Gasteiger partial charge in [-0.3, -0.25) is 4.79 Å². The molecule has 1 unspecified atom stereocenters. The van der Waals surface area contributed by atoms with Gasteiger partial charge in [0.2, 0.25) is 5.91 Å². The summed E-state index contributed by atoms with van der Waals surface area (Å²) in [5.74, 6) is 0.0705. The number of hydrogen-bond acceptors (Lipinski definition) is 3. The third-order valence-electron chi connectivity index (χ3n) is 4.37. The Morgan fingerprint density at radius 3 is 3.00 bits per heavy atom. The first-order valence-electron chi connectivity index (χ1n) is 7.94. The summed E-state index contributed by atoms with van der Waals surface area (Å²) in [6, 6.07) is 4.24. The first-order valence-corrected chi connectivity index (χ1v) is 7.94. The Morgan fingerprint density at radius 2 is 2.23 bits per heavy atom. The normalized spacial score (nSPS) is 18.0. The molecule has 5 nitrogen and oxygen atoms in total. The number of ether oxygens (including phenoxy) is 1. The van der Waals surface area contributed by atoms with E-state index in [-0.39, 0.29) is 12.0 Å². The molecule has 0 saturated carbocycles. The van der Waals surface area contributed by atoms with E-state index in [1.165, 1.54) is 11.1 Å². The van der Waals surface area contributed by atoms with Gasteiger partial charge < -0.3 is 14.6 Å². The van der Waals surface area contributed by atoms with E-state index >= 15 is 0 Å². The topological polar surface area (TPSA) is 56.2 Å². The smallest absolute Gasteiger partial charge is 0.221 e. The van der Waals surface area contributed by atoms with Crippen molar-refractivity contribution in [3.05, 3.63) is 29.6 Å². The van der Waals surface area contributed by atoms with Crippen molar-refractivity contribution in [1.82, 2.24) is 14.9 Å². The van der Waals surface area contributed by atoms with E-state index in [2.05, 4.69) is 36.3 Å². The first-order chi connectivity index (χ1) is 10.6. The van der Waals surface area contributed by atoms with Crippen molar-refractivity contribution in [2.24, 2.45) is 0 Å². The molecule has 0 bridgehead atoms. The van der Waals surface area contributed by atoms with Gasteiger partial charge >= 0.3 is 0 Å². The van der Waals surface area contributed by atoms with Gasteiger partial charge in [-0.15, -0.1) is 0 Å². The lowest BCUT2D eigenvalue weighted by Gasteiger charge is -2.11. The molecule has 1 N–H and O–H groups in total. The van der Waals surface area contributed by atoms with E-state index in [1.807, 2.05) is 10.9 Å². The number of aryl methyl sites for hydroxylation is 3. The molecular formula is C17H23N3O2. The SMILES string of the molecule is Cc1cc2ncn(CCC(=O)NCC3CCCO3)c2cc1C. The zero-order chi connectivity index (χ0) is 15.5. The van der Waals surface area contributed by atoms with Crippen LogP contribution in [0.1, 0.15) is 30.4 Å². The second kappa shape index (κ2) is 6.48. The highest BCUT2D eigenvalue weighted by Gasteiger charge is 2.16. The number of imidazole rings is 1. The van der Waals surface area contributed by atoms with E-state index in [0.717, 1.165) is 30.5 Å².